The van der Waals surface area contributed by atoms with Crippen LogP contribution in [0, 0.1) is 18.8 Å². The van der Waals surface area contributed by atoms with Gasteiger partial charge in [-0.15, -0.1) is 0 Å². The minimum absolute atomic E-state index is 0.00489. The van der Waals surface area contributed by atoms with Gasteiger partial charge in [-0.05, 0) is 49.4 Å². The number of piperidine rings is 1. The Morgan fingerprint density at radius 3 is 2.47 bits per heavy atom. The number of carbonyl (C=O) groups is 2. The molecule has 0 spiro atoms. The van der Waals surface area contributed by atoms with Gasteiger partial charge in [0.05, 0.1) is 20.1 Å². The van der Waals surface area contributed by atoms with Gasteiger partial charge in [0.1, 0.15) is 0 Å². The van der Waals surface area contributed by atoms with E-state index in [4.69, 9.17) is 9.47 Å². The monoisotopic (exact) mass is 436 g/mol. The Balaban J connectivity index is 1.51. The summed E-state index contributed by atoms with van der Waals surface area (Å²) in [5.74, 6) is 1.49. The maximum absolute atomic E-state index is 13.1. The lowest BCUT2D eigenvalue weighted by molar-refractivity contribution is -0.137. The Hall–Kier alpha value is -3.02. The number of nitrogens with zero attached hydrogens (tertiary/aromatic N) is 1. The lowest BCUT2D eigenvalue weighted by Crippen LogP contribution is -2.48. The van der Waals surface area contributed by atoms with Crippen LogP contribution in [-0.2, 0) is 16.1 Å². The zero-order chi connectivity index (χ0) is 22.7. The molecule has 1 saturated heterocycles. The summed E-state index contributed by atoms with van der Waals surface area (Å²) in [5, 5.41) is 3.09. The maximum Gasteiger partial charge on any atom is 0.225 e. The molecule has 1 heterocycles. The fourth-order valence-corrected chi connectivity index (χ4v) is 4.56. The molecular weight excluding hydrogens is 404 g/mol. The van der Waals surface area contributed by atoms with Crippen molar-refractivity contribution in [3.63, 3.8) is 0 Å². The van der Waals surface area contributed by atoms with Crippen molar-refractivity contribution in [3.8, 4) is 11.5 Å². The van der Waals surface area contributed by atoms with E-state index >= 15 is 0 Å². The zero-order valence-corrected chi connectivity index (χ0v) is 19.1. The quantitative estimate of drug-likeness (QED) is 0.719. The second-order valence-electron chi connectivity index (χ2n) is 8.97. The van der Waals surface area contributed by atoms with E-state index in [2.05, 4.69) is 11.4 Å². The van der Waals surface area contributed by atoms with E-state index in [0.717, 1.165) is 24.0 Å². The summed E-state index contributed by atoms with van der Waals surface area (Å²) in [6.07, 6.45) is 2.62. The molecule has 2 amide bonds. The highest BCUT2D eigenvalue weighted by Gasteiger charge is 2.39. The second kappa shape index (κ2) is 9.63. The molecule has 0 bridgehead atoms. The summed E-state index contributed by atoms with van der Waals surface area (Å²) in [6.45, 7) is 3.65. The third-order valence-corrected chi connectivity index (χ3v) is 6.49. The molecule has 0 radical (unpaired) electrons. The fraction of sp³-hybridized carbons (Fsp3) is 0.462. The van der Waals surface area contributed by atoms with Crippen molar-refractivity contribution in [2.45, 2.75) is 38.6 Å². The van der Waals surface area contributed by atoms with Gasteiger partial charge < -0.3 is 19.7 Å². The summed E-state index contributed by atoms with van der Waals surface area (Å²) in [5.41, 5.74) is 3.31. The number of hydrogen-bond donors (Lipinski definition) is 1. The molecule has 6 heteroatoms. The molecule has 0 unspecified atom stereocenters. The highest BCUT2D eigenvalue weighted by Crippen LogP contribution is 2.38. The molecule has 2 fully saturated rings. The molecule has 1 N–H and O–H groups in total. The summed E-state index contributed by atoms with van der Waals surface area (Å²) >= 11 is 0. The molecule has 6 nitrogen and oxygen atoms in total. The van der Waals surface area contributed by atoms with Crippen molar-refractivity contribution in [2.24, 2.45) is 11.8 Å². The summed E-state index contributed by atoms with van der Waals surface area (Å²) in [4.78, 5) is 27.9. The molecule has 2 aliphatic rings. The van der Waals surface area contributed by atoms with E-state index in [1.807, 2.05) is 48.2 Å². The number of ether oxygens (including phenoxy) is 2. The summed E-state index contributed by atoms with van der Waals surface area (Å²) in [7, 11) is 3.23. The van der Waals surface area contributed by atoms with Crippen molar-refractivity contribution >= 4 is 11.8 Å². The van der Waals surface area contributed by atoms with Crippen LogP contribution < -0.4 is 14.8 Å². The number of amides is 2. The first kappa shape index (κ1) is 22.2. The topological polar surface area (TPSA) is 67.9 Å². The van der Waals surface area contributed by atoms with Crippen LogP contribution >= 0.6 is 0 Å². The molecule has 1 saturated carbocycles. The Labute approximate surface area is 189 Å². The van der Waals surface area contributed by atoms with Crippen molar-refractivity contribution in [1.82, 2.24) is 10.2 Å². The SMILES string of the molecule is COc1ccc([C@@H]2C[C@H](C(=O)NCc3cccc(C)c3)CN(C(=O)C3CC3)C2)cc1OC. The molecule has 1 aliphatic heterocycles. The van der Waals surface area contributed by atoms with Crippen LogP contribution in [0.25, 0.3) is 0 Å². The molecule has 0 aromatic heterocycles. The highest BCUT2D eigenvalue weighted by atomic mass is 16.5. The van der Waals surface area contributed by atoms with Crippen LogP contribution in [0.1, 0.15) is 41.9 Å². The Bertz CT molecular complexity index is 986. The van der Waals surface area contributed by atoms with Crippen LogP contribution in [0.2, 0.25) is 0 Å². The van der Waals surface area contributed by atoms with Gasteiger partial charge in [-0.2, -0.15) is 0 Å². The van der Waals surface area contributed by atoms with E-state index in [9.17, 15) is 9.59 Å². The number of benzene rings is 2. The number of likely N-dealkylation sites (tertiary alicyclic amines) is 1. The molecule has 170 valence electrons. The van der Waals surface area contributed by atoms with Crippen LogP contribution in [0.4, 0.5) is 0 Å². The van der Waals surface area contributed by atoms with Gasteiger partial charge >= 0.3 is 0 Å². The summed E-state index contributed by atoms with van der Waals surface area (Å²) < 4.78 is 10.8. The van der Waals surface area contributed by atoms with E-state index in [1.165, 1.54) is 5.56 Å². The largest absolute Gasteiger partial charge is 0.493 e. The van der Waals surface area contributed by atoms with Gasteiger partial charge in [0.15, 0.2) is 11.5 Å². The molecule has 2 atom stereocenters. The lowest BCUT2D eigenvalue weighted by Gasteiger charge is -2.37. The van der Waals surface area contributed by atoms with E-state index in [-0.39, 0.29) is 29.6 Å². The van der Waals surface area contributed by atoms with Crippen molar-refractivity contribution < 1.29 is 19.1 Å². The first-order valence-electron chi connectivity index (χ1n) is 11.3. The number of methoxy groups -OCH3 is 2. The third kappa shape index (κ3) is 5.06. The smallest absolute Gasteiger partial charge is 0.225 e. The zero-order valence-electron chi connectivity index (χ0n) is 19.1. The Kier molecular flexibility index (Phi) is 6.68. The highest BCUT2D eigenvalue weighted by molar-refractivity contribution is 5.83. The van der Waals surface area contributed by atoms with E-state index in [1.54, 1.807) is 14.2 Å². The fourth-order valence-electron chi connectivity index (χ4n) is 4.56. The minimum Gasteiger partial charge on any atom is -0.493 e. The molecule has 1 aliphatic carbocycles. The minimum atomic E-state index is -0.241. The van der Waals surface area contributed by atoms with Crippen LogP contribution in [-0.4, -0.2) is 44.0 Å². The normalized spacial score (nSPS) is 20.5. The standard InChI is InChI=1S/C26H32N2O4/c1-17-5-4-6-18(11-17)14-27-25(29)22-12-21(15-28(16-22)26(30)19-7-8-19)20-9-10-23(31-2)24(13-20)32-3/h4-6,9-11,13,19,21-22H,7-8,12,14-16H2,1-3H3,(H,27,29)/t21-,22+/m1/s1. The molecule has 32 heavy (non-hydrogen) atoms. The van der Waals surface area contributed by atoms with E-state index in [0.29, 0.717) is 37.6 Å². The predicted molar refractivity (Wildman–Crippen MR) is 123 cm³/mol. The lowest BCUT2D eigenvalue weighted by atomic mass is 9.83. The first-order chi connectivity index (χ1) is 15.5. The molecular formula is C26H32N2O4. The Morgan fingerprint density at radius 2 is 1.78 bits per heavy atom. The maximum atomic E-state index is 13.1. The third-order valence-electron chi connectivity index (χ3n) is 6.49. The average molecular weight is 437 g/mol. The van der Waals surface area contributed by atoms with Crippen molar-refractivity contribution in [1.29, 1.82) is 0 Å². The number of hydrogen-bond acceptors (Lipinski definition) is 4. The van der Waals surface area contributed by atoms with Gasteiger partial charge in [0.2, 0.25) is 11.8 Å². The van der Waals surface area contributed by atoms with Crippen molar-refractivity contribution in [3.05, 3.63) is 59.2 Å². The van der Waals surface area contributed by atoms with Crippen LogP contribution in [0.15, 0.2) is 42.5 Å². The number of carbonyl (C=O) groups excluding carboxylic acids is 2. The Morgan fingerprint density at radius 1 is 1.00 bits per heavy atom. The predicted octanol–water partition coefficient (Wildman–Crippen LogP) is 3.67. The first-order valence-corrected chi connectivity index (χ1v) is 11.3. The van der Waals surface area contributed by atoms with Crippen LogP contribution in [0.3, 0.4) is 0 Å². The van der Waals surface area contributed by atoms with Gasteiger partial charge in [0, 0.05) is 31.5 Å². The van der Waals surface area contributed by atoms with Crippen molar-refractivity contribution in [2.75, 3.05) is 27.3 Å². The number of aryl methyl sites for hydroxylation is 1. The molecule has 4 rings (SSSR count). The summed E-state index contributed by atoms with van der Waals surface area (Å²) in [6, 6.07) is 14.0. The molecule has 2 aromatic carbocycles. The number of rotatable bonds is 7. The van der Waals surface area contributed by atoms with Crippen LogP contribution in [0.5, 0.6) is 11.5 Å². The van der Waals surface area contributed by atoms with Gasteiger partial charge in [-0.3, -0.25) is 9.59 Å². The average Bonchev–Trinajstić information content (AvgIpc) is 3.67. The van der Waals surface area contributed by atoms with Gasteiger partial charge in [0.25, 0.3) is 0 Å². The van der Waals surface area contributed by atoms with E-state index < -0.39 is 0 Å². The second-order valence-corrected chi connectivity index (χ2v) is 8.97. The van der Waals surface area contributed by atoms with Gasteiger partial charge in [-0.25, -0.2) is 0 Å². The molecule has 2 aromatic rings. The van der Waals surface area contributed by atoms with Gasteiger partial charge in [-0.1, -0.05) is 35.9 Å². The number of nitrogens with one attached hydrogen (secondary N) is 1.